The summed E-state index contributed by atoms with van der Waals surface area (Å²) < 4.78 is 80.9. The number of halogens is 6. The van der Waals surface area contributed by atoms with Crippen LogP contribution in [0.1, 0.15) is 6.42 Å². The van der Waals surface area contributed by atoms with Gasteiger partial charge in [-0.2, -0.15) is 26.3 Å². The molecule has 1 aliphatic carbocycles. The molecule has 3 nitrogen and oxygen atoms in total. The van der Waals surface area contributed by atoms with E-state index in [1.807, 2.05) is 0 Å². The van der Waals surface area contributed by atoms with Crippen molar-refractivity contribution in [1.29, 1.82) is 0 Å². The van der Waals surface area contributed by atoms with Crippen molar-refractivity contribution in [1.82, 2.24) is 0 Å². The Morgan fingerprint density at radius 2 is 1.27 bits per heavy atom. The minimum atomic E-state index is -5.30. The quantitative estimate of drug-likeness (QED) is 0.477. The van der Waals surface area contributed by atoms with Gasteiger partial charge in [-0.05, 0) is 0 Å². The molecule has 86 valence electrons. The van der Waals surface area contributed by atoms with Crippen molar-refractivity contribution < 1.29 is 40.6 Å². The topological polar surface area (TPSA) is 35.5 Å². The smallest absolute Gasteiger partial charge is 0.413 e. The fraction of sp³-hybridized carbons (Fsp3) is 0.833. The van der Waals surface area contributed by atoms with Gasteiger partial charge in [0.1, 0.15) is 0 Å². The molecule has 0 radical (unpaired) electrons. The van der Waals surface area contributed by atoms with Gasteiger partial charge >= 0.3 is 18.5 Å². The van der Waals surface area contributed by atoms with Crippen LogP contribution in [-0.4, -0.2) is 29.7 Å². The molecule has 1 heterocycles. The molecular formula is C6H2F6O3. The fourth-order valence-corrected chi connectivity index (χ4v) is 1.62. The highest BCUT2D eigenvalue weighted by Gasteiger charge is 2.98. The summed E-state index contributed by atoms with van der Waals surface area (Å²) in [5.74, 6) is 0. The molecule has 0 aromatic heterocycles. The Balaban J connectivity index is 2.43. The second-order valence-electron chi connectivity index (χ2n) is 3.28. The van der Waals surface area contributed by atoms with Gasteiger partial charge in [-0.3, -0.25) is 0 Å². The van der Waals surface area contributed by atoms with Crippen molar-refractivity contribution in [3.05, 3.63) is 0 Å². The normalized spacial score (nSPS) is 39.5. The van der Waals surface area contributed by atoms with Crippen LogP contribution in [0, 0.1) is 0 Å². The first-order valence-corrected chi connectivity index (χ1v) is 3.61. The van der Waals surface area contributed by atoms with Crippen molar-refractivity contribution in [3.63, 3.8) is 0 Å². The average molecular weight is 236 g/mol. The Labute approximate surface area is 77.9 Å². The van der Waals surface area contributed by atoms with Crippen LogP contribution in [0.15, 0.2) is 0 Å². The van der Waals surface area contributed by atoms with E-state index >= 15 is 0 Å². The van der Waals surface area contributed by atoms with Gasteiger partial charge in [0.15, 0.2) is 0 Å². The molecule has 0 aromatic carbocycles. The molecule has 2 atom stereocenters. The number of carbonyl (C=O) groups excluding carboxylic acids is 1. The SMILES string of the molecule is O=C1OC2(C(F)(F)F)CC2(C(F)(F)F)O1. The molecule has 0 bridgehead atoms. The maximum absolute atomic E-state index is 12.3. The molecule has 0 amide bonds. The van der Waals surface area contributed by atoms with Gasteiger partial charge in [0.05, 0.1) is 6.42 Å². The molecule has 1 saturated heterocycles. The summed E-state index contributed by atoms with van der Waals surface area (Å²) in [4.78, 5) is 10.3. The fourth-order valence-electron chi connectivity index (χ4n) is 1.62. The first-order chi connectivity index (χ1) is 6.56. The predicted octanol–water partition coefficient (Wildman–Crippen LogP) is 2.16. The molecule has 15 heavy (non-hydrogen) atoms. The van der Waals surface area contributed by atoms with Crippen LogP contribution < -0.4 is 0 Å². The lowest BCUT2D eigenvalue weighted by molar-refractivity contribution is -0.260. The zero-order valence-electron chi connectivity index (χ0n) is 6.70. The van der Waals surface area contributed by atoms with Gasteiger partial charge in [-0.15, -0.1) is 0 Å². The minimum absolute atomic E-state index is 1.43. The number of ether oxygens (including phenoxy) is 2. The second-order valence-corrected chi connectivity index (χ2v) is 3.28. The average Bonchev–Trinajstić information content (AvgIpc) is 2.49. The van der Waals surface area contributed by atoms with Crippen LogP contribution in [0.2, 0.25) is 0 Å². The van der Waals surface area contributed by atoms with Crippen molar-refractivity contribution in [2.24, 2.45) is 0 Å². The van der Waals surface area contributed by atoms with E-state index in [9.17, 15) is 31.1 Å². The van der Waals surface area contributed by atoms with E-state index in [0.717, 1.165) is 0 Å². The predicted molar refractivity (Wildman–Crippen MR) is 29.8 cm³/mol. The Bertz CT molecular complexity index is 303. The summed E-state index contributed by atoms with van der Waals surface area (Å²) in [6.45, 7) is 0. The van der Waals surface area contributed by atoms with E-state index in [-0.39, 0.29) is 0 Å². The minimum Gasteiger partial charge on any atom is -0.413 e. The van der Waals surface area contributed by atoms with Gasteiger partial charge in [0.25, 0.3) is 11.2 Å². The van der Waals surface area contributed by atoms with E-state index in [4.69, 9.17) is 0 Å². The zero-order valence-corrected chi connectivity index (χ0v) is 6.70. The van der Waals surface area contributed by atoms with Crippen molar-refractivity contribution in [2.45, 2.75) is 30.0 Å². The number of carbonyl (C=O) groups is 1. The Morgan fingerprint density at radius 1 is 0.933 bits per heavy atom. The first kappa shape index (κ1) is 10.4. The number of hydrogen-bond donors (Lipinski definition) is 0. The van der Waals surface area contributed by atoms with Crippen molar-refractivity contribution in [3.8, 4) is 0 Å². The molecule has 1 aliphatic heterocycles. The second kappa shape index (κ2) is 2.17. The van der Waals surface area contributed by atoms with Gasteiger partial charge in [-0.25, -0.2) is 4.79 Å². The number of hydrogen-bond acceptors (Lipinski definition) is 3. The third-order valence-corrected chi connectivity index (χ3v) is 2.46. The molecule has 0 N–H and O–H groups in total. The molecular weight excluding hydrogens is 234 g/mol. The largest absolute Gasteiger partial charge is 0.510 e. The van der Waals surface area contributed by atoms with Crippen LogP contribution in [0.5, 0.6) is 0 Å². The third kappa shape index (κ3) is 0.953. The Morgan fingerprint density at radius 3 is 1.53 bits per heavy atom. The maximum Gasteiger partial charge on any atom is 0.510 e. The van der Waals surface area contributed by atoms with Gasteiger partial charge in [-0.1, -0.05) is 0 Å². The summed E-state index contributed by atoms with van der Waals surface area (Å²) in [5.41, 5.74) is -7.09. The summed E-state index contributed by atoms with van der Waals surface area (Å²) in [7, 11) is 0. The van der Waals surface area contributed by atoms with E-state index in [1.54, 1.807) is 0 Å². The number of alkyl halides is 6. The maximum atomic E-state index is 12.3. The summed E-state index contributed by atoms with van der Waals surface area (Å²) in [6, 6.07) is 0. The van der Waals surface area contributed by atoms with Crippen LogP contribution in [0.25, 0.3) is 0 Å². The van der Waals surface area contributed by atoms with Crippen molar-refractivity contribution >= 4 is 6.16 Å². The molecule has 9 heteroatoms. The Hall–Kier alpha value is -1.15. The monoisotopic (exact) mass is 236 g/mol. The highest BCUT2D eigenvalue weighted by atomic mass is 19.4. The zero-order chi connectivity index (χ0) is 11.7. The highest BCUT2D eigenvalue weighted by Crippen LogP contribution is 2.71. The molecule has 0 spiro atoms. The van der Waals surface area contributed by atoms with Crippen LogP contribution in [0.4, 0.5) is 31.1 Å². The summed E-state index contributed by atoms with van der Waals surface area (Å²) in [5, 5.41) is 0. The molecule has 0 aromatic rings. The molecule has 2 unspecified atom stereocenters. The summed E-state index contributed by atoms with van der Waals surface area (Å²) >= 11 is 0. The Kier molecular flexibility index (Phi) is 1.50. The van der Waals surface area contributed by atoms with Crippen LogP contribution in [-0.2, 0) is 9.47 Å². The molecule has 1 saturated carbocycles. The van der Waals surface area contributed by atoms with Crippen molar-refractivity contribution in [2.75, 3.05) is 0 Å². The number of fused-ring (bicyclic) bond motifs is 1. The lowest BCUT2D eigenvalue weighted by atomic mass is 10.2. The van der Waals surface area contributed by atoms with E-state index in [0.29, 0.717) is 0 Å². The standard InChI is InChI=1S/C6H2F6O3/c7-5(8,9)3-1-4(3,6(10,11)12)15-2(13)14-3/h1H2. The van der Waals surface area contributed by atoms with Gasteiger partial charge < -0.3 is 9.47 Å². The third-order valence-electron chi connectivity index (χ3n) is 2.46. The first-order valence-electron chi connectivity index (χ1n) is 3.61. The lowest BCUT2D eigenvalue weighted by Crippen LogP contribution is -2.45. The van der Waals surface area contributed by atoms with E-state index in [2.05, 4.69) is 9.47 Å². The molecule has 2 aliphatic rings. The summed E-state index contributed by atoms with van der Waals surface area (Å²) in [6.07, 6.45) is -14.0. The highest BCUT2D eigenvalue weighted by molar-refractivity contribution is 5.68. The number of rotatable bonds is 0. The van der Waals surface area contributed by atoms with Gasteiger partial charge in [0.2, 0.25) is 0 Å². The molecule has 2 rings (SSSR count). The lowest BCUT2D eigenvalue weighted by Gasteiger charge is -2.18. The van der Waals surface area contributed by atoms with E-state index in [1.165, 1.54) is 0 Å². The van der Waals surface area contributed by atoms with E-state index < -0.39 is 36.1 Å². The van der Waals surface area contributed by atoms with Crippen LogP contribution in [0.3, 0.4) is 0 Å². The van der Waals surface area contributed by atoms with Crippen LogP contribution >= 0.6 is 0 Å². The molecule has 2 fully saturated rings. The van der Waals surface area contributed by atoms with Gasteiger partial charge in [0, 0.05) is 0 Å².